The van der Waals surface area contributed by atoms with Gasteiger partial charge in [-0.1, -0.05) is 11.6 Å². The highest BCUT2D eigenvalue weighted by Crippen LogP contribution is 2.33. The van der Waals surface area contributed by atoms with E-state index in [1.807, 2.05) is 0 Å². The maximum Gasteiger partial charge on any atom is 0.0607 e. The maximum atomic E-state index is 5.99. The number of rotatable bonds is 1. The summed E-state index contributed by atoms with van der Waals surface area (Å²) < 4.78 is 0. The van der Waals surface area contributed by atoms with Crippen molar-refractivity contribution in [2.24, 2.45) is 17.6 Å². The van der Waals surface area contributed by atoms with Crippen molar-refractivity contribution in [1.29, 1.82) is 0 Å². The summed E-state index contributed by atoms with van der Waals surface area (Å²) in [7, 11) is 0. The van der Waals surface area contributed by atoms with Crippen molar-refractivity contribution in [1.82, 2.24) is 16.0 Å². The average Bonchev–Trinajstić information content (AvgIpc) is 2.72. The molecule has 0 saturated carbocycles. The Morgan fingerprint density at radius 2 is 2.19 bits per heavy atom. The largest absolute Gasteiger partial charge is 0.323 e. The molecule has 5 N–H and O–H groups in total. The normalized spacial score (nSPS) is 43.9. The average molecular weight is 222 g/mol. The van der Waals surface area contributed by atoms with Gasteiger partial charge < -0.3 is 21.7 Å². The van der Waals surface area contributed by atoms with Crippen molar-refractivity contribution < 1.29 is 0 Å². The van der Waals surface area contributed by atoms with Gasteiger partial charge in [0.15, 0.2) is 0 Å². The van der Waals surface area contributed by atoms with Gasteiger partial charge >= 0.3 is 0 Å². The fraction of sp³-hybridized carbons (Fsp3) is 0.833. The van der Waals surface area contributed by atoms with Crippen LogP contribution in [-0.2, 0) is 0 Å². The number of nitrogens with two attached hydrogens (primary N) is 1. The smallest absolute Gasteiger partial charge is 0.0607 e. The van der Waals surface area contributed by atoms with Gasteiger partial charge in [0.1, 0.15) is 0 Å². The van der Waals surface area contributed by atoms with Crippen LogP contribution in [0.2, 0.25) is 0 Å². The minimum absolute atomic E-state index is 0.208. The first kappa shape index (κ1) is 10.7. The second-order valence-corrected chi connectivity index (χ2v) is 5.29. The lowest BCUT2D eigenvalue weighted by Crippen LogP contribution is -2.46. The van der Waals surface area contributed by atoms with Crippen LogP contribution < -0.4 is 21.7 Å². The van der Waals surface area contributed by atoms with Crippen molar-refractivity contribution in [3.63, 3.8) is 0 Å². The molecule has 3 aliphatic rings. The Bertz CT molecular complexity index is 289. The summed E-state index contributed by atoms with van der Waals surface area (Å²) in [6, 6.07) is 0.208. The van der Waals surface area contributed by atoms with E-state index in [9.17, 15) is 0 Å². The second kappa shape index (κ2) is 4.45. The van der Waals surface area contributed by atoms with E-state index in [4.69, 9.17) is 5.73 Å². The summed E-state index contributed by atoms with van der Waals surface area (Å²) in [5, 5.41) is 10.6. The lowest BCUT2D eigenvalue weighted by Gasteiger charge is -2.32. The fourth-order valence-corrected chi connectivity index (χ4v) is 3.41. The number of nitrogens with one attached hydrogen (secondary N) is 3. The molecule has 3 rings (SSSR count). The standard InChI is InChI=1S/C12H22N4/c13-9-4-8(5-14-6-9)11-7-16-12-10(11)2-1-3-15-12/h4,9-12,14-16H,1-3,5-7,13H2. The summed E-state index contributed by atoms with van der Waals surface area (Å²) in [5.74, 6) is 1.46. The van der Waals surface area contributed by atoms with E-state index in [1.165, 1.54) is 18.4 Å². The third-order valence-corrected chi connectivity index (χ3v) is 4.19. The molecule has 4 nitrogen and oxygen atoms in total. The van der Waals surface area contributed by atoms with Gasteiger partial charge in [0.2, 0.25) is 0 Å². The molecule has 90 valence electrons. The van der Waals surface area contributed by atoms with Crippen molar-refractivity contribution in [2.75, 3.05) is 26.2 Å². The monoisotopic (exact) mass is 222 g/mol. The van der Waals surface area contributed by atoms with Crippen LogP contribution in [0.5, 0.6) is 0 Å². The van der Waals surface area contributed by atoms with Crippen LogP contribution in [0.25, 0.3) is 0 Å². The van der Waals surface area contributed by atoms with E-state index < -0.39 is 0 Å². The Kier molecular flexibility index (Phi) is 2.98. The molecular weight excluding hydrogens is 200 g/mol. The number of piperidine rings is 1. The molecule has 3 aliphatic heterocycles. The Balaban J connectivity index is 1.74. The molecule has 4 atom stereocenters. The van der Waals surface area contributed by atoms with Crippen LogP contribution in [-0.4, -0.2) is 38.4 Å². The van der Waals surface area contributed by atoms with E-state index in [0.29, 0.717) is 12.1 Å². The van der Waals surface area contributed by atoms with Crippen molar-refractivity contribution in [3.8, 4) is 0 Å². The van der Waals surface area contributed by atoms with E-state index in [-0.39, 0.29) is 6.04 Å². The fourth-order valence-electron chi connectivity index (χ4n) is 3.41. The van der Waals surface area contributed by atoms with E-state index in [1.54, 1.807) is 0 Å². The van der Waals surface area contributed by atoms with Gasteiger partial charge in [-0.05, 0) is 31.2 Å². The first-order chi connectivity index (χ1) is 7.84. The zero-order valence-corrected chi connectivity index (χ0v) is 9.71. The lowest BCUT2D eigenvalue weighted by molar-refractivity contribution is 0.269. The van der Waals surface area contributed by atoms with Crippen LogP contribution in [0.1, 0.15) is 12.8 Å². The Labute approximate surface area is 97.0 Å². The lowest BCUT2D eigenvalue weighted by atomic mass is 9.81. The molecule has 0 radical (unpaired) electrons. The molecule has 0 aromatic carbocycles. The summed E-state index contributed by atoms with van der Waals surface area (Å²) >= 11 is 0. The summed E-state index contributed by atoms with van der Waals surface area (Å²) in [4.78, 5) is 0. The molecule has 0 aliphatic carbocycles. The summed E-state index contributed by atoms with van der Waals surface area (Å²) in [6.45, 7) is 4.24. The van der Waals surface area contributed by atoms with Crippen molar-refractivity contribution >= 4 is 0 Å². The zero-order valence-electron chi connectivity index (χ0n) is 9.71. The van der Waals surface area contributed by atoms with Crippen molar-refractivity contribution in [2.45, 2.75) is 25.0 Å². The predicted octanol–water partition coefficient (Wildman–Crippen LogP) is -0.612. The van der Waals surface area contributed by atoms with Gasteiger partial charge in [0, 0.05) is 25.7 Å². The van der Waals surface area contributed by atoms with E-state index >= 15 is 0 Å². The van der Waals surface area contributed by atoms with Gasteiger partial charge in [-0.3, -0.25) is 0 Å². The van der Waals surface area contributed by atoms with Crippen LogP contribution in [0, 0.1) is 11.8 Å². The second-order valence-electron chi connectivity index (χ2n) is 5.29. The van der Waals surface area contributed by atoms with E-state index in [2.05, 4.69) is 22.0 Å². The highest BCUT2D eigenvalue weighted by molar-refractivity contribution is 5.20. The molecule has 4 heteroatoms. The quantitative estimate of drug-likeness (QED) is 0.447. The molecule has 0 spiro atoms. The molecule has 3 heterocycles. The van der Waals surface area contributed by atoms with Gasteiger partial charge in [-0.25, -0.2) is 0 Å². The van der Waals surface area contributed by atoms with Gasteiger partial charge in [0.25, 0.3) is 0 Å². The number of hydrogen-bond acceptors (Lipinski definition) is 4. The molecule has 16 heavy (non-hydrogen) atoms. The third kappa shape index (κ3) is 1.91. The molecule has 4 unspecified atom stereocenters. The molecule has 0 aromatic rings. The molecule has 2 saturated heterocycles. The molecule has 0 bridgehead atoms. The highest BCUT2D eigenvalue weighted by atomic mass is 15.2. The molecule has 0 amide bonds. The Morgan fingerprint density at radius 3 is 3.06 bits per heavy atom. The van der Waals surface area contributed by atoms with E-state index in [0.717, 1.165) is 32.1 Å². The van der Waals surface area contributed by atoms with Crippen molar-refractivity contribution in [3.05, 3.63) is 11.6 Å². The molecular formula is C12H22N4. The topological polar surface area (TPSA) is 62.1 Å². The molecule has 2 fully saturated rings. The Hall–Kier alpha value is -0.420. The van der Waals surface area contributed by atoms with Crippen LogP contribution in [0.3, 0.4) is 0 Å². The first-order valence-corrected chi connectivity index (χ1v) is 6.48. The van der Waals surface area contributed by atoms with Gasteiger partial charge in [-0.15, -0.1) is 0 Å². The van der Waals surface area contributed by atoms with Gasteiger partial charge in [-0.2, -0.15) is 0 Å². The van der Waals surface area contributed by atoms with Crippen LogP contribution in [0.4, 0.5) is 0 Å². The van der Waals surface area contributed by atoms with Crippen LogP contribution in [0.15, 0.2) is 11.6 Å². The maximum absolute atomic E-state index is 5.99. The SMILES string of the molecule is NC1C=C(C2CNC3NCCCC32)CNC1. The van der Waals surface area contributed by atoms with Gasteiger partial charge in [0.05, 0.1) is 6.17 Å². The predicted molar refractivity (Wildman–Crippen MR) is 64.9 cm³/mol. The minimum Gasteiger partial charge on any atom is -0.323 e. The minimum atomic E-state index is 0.208. The summed E-state index contributed by atoms with van der Waals surface area (Å²) in [5.41, 5.74) is 7.52. The van der Waals surface area contributed by atoms with Crippen LogP contribution >= 0.6 is 0 Å². The molecule has 0 aromatic heterocycles. The third-order valence-electron chi connectivity index (χ3n) is 4.19. The summed E-state index contributed by atoms with van der Waals surface area (Å²) in [6.07, 6.45) is 5.49. The number of hydrogen-bond donors (Lipinski definition) is 4. The Morgan fingerprint density at radius 1 is 1.25 bits per heavy atom. The highest BCUT2D eigenvalue weighted by Gasteiger charge is 2.39. The zero-order chi connectivity index (χ0) is 11.0. The number of fused-ring (bicyclic) bond motifs is 1. The first-order valence-electron chi connectivity index (χ1n) is 6.48.